The first kappa shape index (κ1) is 31.3. The summed E-state index contributed by atoms with van der Waals surface area (Å²) in [5, 5.41) is 7.38. The van der Waals surface area contributed by atoms with Crippen LogP contribution in [0.5, 0.6) is 0 Å². The standard InChI is InChI=1S/C52H30N2OS2/c1-3-14-32(15-4-1)53-42-23-10-7-18-37(42)49-47(53)39-27-26-31(30-44(39)55-49)34-28-29-36(51-46(34)40-20-9-12-25-45(40)56-51)35-21-13-22-41-48-52(57-50(35)41)38-19-8-11-24-43(38)54(48)33-16-5-2-6-17-33/h1-30H. The number of para-hydroxylation sites is 4. The predicted octanol–water partition coefficient (Wildman–Crippen LogP) is 15.5. The quantitative estimate of drug-likeness (QED) is 0.175. The van der Waals surface area contributed by atoms with Gasteiger partial charge in [0.25, 0.3) is 0 Å². The zero-order chi connectivity index (χ0) is 37.2. The van der Waals surface area contributed by atoms with Gasteiger partial charge in [0.05, 0.1) is 21.3 Å². The van der Waals surface area contributed by atoms with E-state index in [9.17, 15) is 0 Å². The van der Waals surface area contributed by atoms with Gasteiger partial charge in [0, 0.05) is 68.9 Å². The SMILES string of the molecule is c1ccc(-n2c3ccccc3c3oc4cc(-c5ccc(-c6cccc7c6sc6c8ccccc8n(-c8ccccc8)c76)c6sc7ccccc7c56)ccc4c32)cc1. The van der Waals surface area contributed by atoms with Gasteiger partial charge in [-0.3, -0.25) is 0 Å². The highest BCUT2D eigenvalue weighted by molar-refractivity contribution is 7.28. The van der Waals surface area contributed by atoms with E-state index in [2.05, 4.69) is 191 Å². The van der Waals surface area contributed by atoms with Gasteiger partial charge in [0.1, 0.15) is 11.1 Å². The number of furan rings is 1. The lowest BCUT2D eigenvalue weighted by Crippen LogP contribution is -1.93. The van der Waals surface area contributed by atoms with Crippen LogP contribution in [0, 0.1) is 0 Å². The summed E-state index contributed by atoms with van der Waals surface area (Å²) in [4.78, 5) is 0. The maximum absolute atomic E-state index is 6.83. The van der Waals surface area contributed by atoms with E-state index < -0.39 is 0 Å². The molecule has 5 heteroatoms. The molecule has 13 aromatic rings. The second-order valence-corrected chi connectivity index (χ2v) is 16.9. The zero-order valence-corrected chi connectivity index (χ0v) is 32.1. The molecule has 5 heterocycles. The molecule has 0 fully saturated rings. The van der Waals surface area contributed by atoms with Crippen molar-refractivity contribution in [3.63, 3.8) is 0 Å². The van der Waals surface area contributed by atoms with Crippen LogP contribution in [0.3, 0.4) is 0 Å². The molecule has 3 nitrogen and oxygen atoms in total. The largest absolute Gasteiger partial charge is 0.454 e. The Bertz CT molecular complexity index is 3750. The van der Waals surface area contributed by atoms with E-state index in [0.29, 0.717) is 0 Å². The summed E-state index contributed by atoms with van der Waals surface area (Å²) in [6.45, 7) is 0. The molecular weight excluding hydrogens is 733 g/mol. The van der Waals surface area contributed by atoms with Crippen LogP contribution in [0.4, 0.5) is 0 Å². The minimum Gasteiger partial charge on any atom is -0.454 e. The van der Waals surface area contributed by atoms with Gasteiger partial charge in [-0.15, -0.1) is 22.7 Å². The maximum Gasteiger partial charge on any atom is 0.161 e. The van der Waals surface area contributed by atoms with Crippen molar-refractivity contribution in [1.29, 1.82) is 0 Å². The van der Waals surface area contributed by atoms with Crippen LogP contribution in [-0.2, 0) is 0 Å². The van der Waals surface area contributed by atoms with E-state index >= 15 is 0 Å². The molecule has 0 spiro atoms. The highest BCUT2D eigenvalue weighted by Gasteiger charge is 2.23. The summed E-state index contributed by atoms with van der Waals surface area (Å²) in [7, 11) is 0. The van der Waals surface area contributed by atoms with Crippen molar-refractivity contribution in [2.75, 3.05) is 0 Å². The molecular formula is C52H30N2OS2. The third kappa shape index (κ3) is 4.35. The molecule has 0 atom stereocenters. The lowest BCUT2D eigenvalue weighted by Gasteiger charge is -2.11. The van der Waals surface area contributed by atoms with Gasteiger partial charge < -0.3 is 13.6 Å². The fourth-order valence-corrected chi connectivity index (χ4v) is 11.9. The number of aromatic nitrogens is 2. The summed E-state index contributed by atoms with van der Waals surface area (Å²) < 4.78 is 16.9. The fourth-order valence-electron chi connectivity index (χ4n) is 9.31. The molecule has 0 aliphatic carbocycles. The van der Waals surface area contributed by atoms with Crippen LogP contribution in [-0.4, -0.2) is 9.13 Å². The second-order valence-electron chi connectivity index (χ2n) is 14.8. The van der Waals surface area contributed by atoms with Gasteiger partial charge >= 0.3 is 0 Å². The molecule has 0 amide bonds. The topological polar surface area (TPSA) is 23.0 Å². The second kappa shape index (κ2) is 11.8. The number of benzene rings is 8. The van der Waals surface area contributed by atoms with Crippen molar-refractivity contribution in [1.82, 2.24) is 9.13 Å². The van der Waals surface area contributed by atoms with Gasteiger partial charge in [0.2, 0.25) is 0 Å². The Morgan fingerprint density at radius 1 is 0.386 bits per heavy atom. The molecule has 0 aliphatic heterocycles. The third-order valence-electron chi connectivity index (χ3n) is 11.7. The molecule has 57 heavy (non-hydrogen) atoms. The number of fused-ring (bicyclic) bond motifs is 13. The van der Waals surface area contributed by atoms with Crippen LogP contribution in [0.15, 0.2) is 186 Å². The minimum absolute atomic E-state index is 0.894. The van der Waals surface area contributed by atoms with Gasteiger partial charge in [-0.2, -0.15) is 0 Å². The molecule has 0 radical (unpaired) electrons. The highest BCUT2D eigenvalue weighted by atomic mass is 32.1. The molecule has 5 aromatic heterocycles. The van der Waals surface area contributed by atoms with E-state index in [-0.39, 0.29) is 0 Å². The summed E-state index contributed by atoms with van der Waals surface area (Å²) in [6.07, 6.45) is 0. The molecule has 0 aliphatic rings. The summed E-state index contributed by atoms with van der Waals surface area (Å²) >= 11 is 3.81. The Morgan fingerprint density at radius 3 is 1.79 bits per heavy atom. The molecule has 0 N–H and O–H groups in total. The van der Waals surface area contributed by atoms with Crippen LogP contribution < -0.4 is 0 Å². The van der Waals surface area contributed by atoms with Crippen molar-refractivity contribution in [2.45, 2.75) is 0 Å². The molecule has 0 unspecified atom stereocenters. The van der Waals surface area contributed by atoms with Gasteiger partial charge in [0.15, 0.2) is 5.58 Å². The van der Waals surface area contributed by atoms with Crippen molar-refractivity contribution in [2.24, 2.45) is 0 Å². The number of hydrogen-bond acceptors (Lipinski definition) is 3. The number of rotatable bonds is 4. The molecule has 0 saturated heterocycles. The van der Waals surface area contributed by atoms with E-state index in [1.54, 1.807) is 0 Å². The normalized spacial score (nSPS) is 12.2. The molecule has 266 valence electrons. The van der Waals surface area contributed by atoms with Gasteiger partial charge in [-0.1, -0.05) is 121 Å². The number of thiophene rings is 2. The Hall–Kier alpha value is -6.92. The van der Waals surface area contributed by atoms with Crippen LogP contribution >= 0.6 is 22.7 Å². The lowest BCUT2D eigenvalue weighted by atomic mass is 9.94. The van der Waals surface area contributed by atoms with Gasteiger partial charge in [-0.25, -0.2) is 0 Å². The first-order chi connectivity index (χ1) is 28.3. The Balaban J connectivity index is 1.05. The van der Waals surface area contributed by atoms with E-state index in [0.717, 1.165) is 44.2 Å². The highest BCUT2D eigenvalue weighted by Crippen LogP contribution is 2.50. The van der Waals surface area contributed by atoms with Crippen molar-refractivity contribution >= 4 is 107 Å². The molecule has 0 bridgehead atoms. The van der Waals surface area contributed by atoms with E-state index in [1.165, 1.54) is 73.8 Å². The number of hydrogen-bond donors (Lipinski definition) is 0. The molecule has 8 aromatic carbocycles. The van der Waals surface area contributed by atoms with Crippen LogP contribution in [0.25, 0.3) is 118 Å². The fraction of sp³-hybridized carbons (Fsp3) is 0. The third-order valence-corrected chi connectivity index (χ3v) is 14.2. The average Bonchev–Trinajstić information content (AvgIpc) is 4.08. The smallest absolute Gasteiger partial charge is 0.161 e. The predicted molar refractivity (Wildman–Crippen MR) is 244 cm³/mol. The lowest BCUT2D eigenvalue weighted by molar-refractivity contribution is 0.673. The van der Waals surface area contributed by atoms with Gasteiger partial charge in [-0.05, 0) is 71.8 Å². The minimum atomic E-state index is 0.894. The van der Waals surface area contributed by atoms with Crippen molar-refractivity contribution in [3.05, 3.63) is 182 Å². The van der Waals surface area contributed by atoms with E-state index in [4.69, 9.17) is 4.42 Å². The monoisotopic (exact) mass is 762 g/mol. The van der Waals surface area contributed by atoms with Crippen molar-refractivity contribution in [3.8, 4) is 33.6 Å². The Kier molecular flexibility index (Phi) is 6.48. The molecule has 13 rings (SSSR count). The van der Waals surface area contributed by atoms with Crippen LogP contribution in [0.2, 0.25) is 0 Å². The maximum atomic E-state index is 6.83. The Morgan fingerprint density at radius 2 is 1.00 bits per heavy atom. The number of nitrogens with zero attached hydrogens (tertiary/aromatic N) is 2. The first-order valence-electron chi connectivity index (χ1n) is 19.3. The summed E-state index contributed by atoms with van der Waals surface area (Å²) in [6, 6.07) is 66.0. The first-order valence-corrected chi connectivity index (χ1v) is 20.9. The Labute approximate surface area is 334 Å². The zero-order valence-electron chi connectivity index (χ0n) is 30.4. The van der Waals surface area contributed by atoms with Crippen molar-refractivity contribution < 1.29 is 4.42 Å². The summed E-state index contributed by atoms with van der Waals surface area (Å²) in [5.74, 6) is 0. The average molecular weight is 763 g/mol. The summed E-state index contributed by atoms with van der Waals surface area (Å²) in [5.41, 5.74) is 13.8. The van der Waals surface area contributed by atoms with Crippen LogP contribution in [0.1, 0.15) is 0 Å². The molecule has 0 saturated carbocycles. The van der Waals surface area contributed by atoms with E-state index in [1.807, 2.05) is 22.7 Å².